The zero-order valence-corrected chi connectivity index (χ0v) is 12.2. The number of aromatic nitrogens is 1. The SMILES string of the molecule is O=C1CCC(N2C(=O)c3cccc4c(=S)[nH]cc2c34)C(=O)N1. The van der Waals surface area contributed by atoms with E-state index in [2.05, 4.69) is 10.3 Å². The van der Waals surface area contributed by atoms with Crippen LogP contribution in [0.1, 0.15) is 23.2 Å². The lowest BCUT2D eigenvalue weighted by atomic mass is 10.0. The van der Waals surface area contributed by atoms with Crippen molar-refractivity contribution in [2.24, 2.45) is 0 Å². The number of piperidine rings is 1. The first-order valence-electron chi connectivity index (χ1n) is 6.89. The highest BCUT2D eigenvalue weighted by atomic mass is 32.1. The van der Waals surface area contributed by atoms with Crippen LogP contribution >= 0.6 is 12.2 Å². The van der Waals surface area contributed by atoms with E-state index in [1.54, 1.807) is 18.3 Å². The molecule has 22 heavy (non-hydrogen) atoms. The van der Waals surface area contributed by atoms with E-state index in [1.807, 2.05) is 6.07 Å². The number of hydrogen-bond acceptors (Lipinski definition) is 4. The number of H-pyrrole nitrogens is 1. The van der Waals surface area contributed by atoms with E-state index in [0.717, 1.165) is 10.8 Å². The van der Waals surface area contributed by atoms with Gasteiger partial charge in [0.25, 0.3) is 5.91 Å². The average molecular weight is 313 g/mol. The number of nitrogens with one attached hydrogen (secondary N) is 2. The van der Waals surface area contributed by atoms with Crippen LogP contribution in [0.5, 0.6) is 0 Å². The van der Waals surface area contributed by atoms with Crippen molar-refractivity contribution in [3.63, 3.8) is 0 Å². The summed E-state index contributed by atoms with van der Waals surface area (Å²) in [6.45, 7) is 0. The van der Waals surface area contributed by atoms with E-state index in [-0.39, 0.29) is 18.2 Å². The molecule has 1 fully saturated rings. The van der Waals surface area contributed by atoms with Gasteiger partial charge in [0.2, 0.25) is 11.8 Å². The maximum absolute atomic E-state index is 12.7. The molecule has 1 saturated heterocycles. The molecule has 7 heteroatoms. The summed E-state index contributed by atoms with van der Waals surface area (Å²) < 4.78 is 0.554. The maximum atomic E-state index is 12.7. The normalized spacial score (nSPS) is 20.6. The molecule has 4 rings (SSSR count). The summed E-state index contributed by atoms with van der Waals surface area (Å²) in [6, 6.07) is 4.68. The maximum Gasteiger partial charge on any atom is 0.259 e. The van der Waals surface area contributed by atoms with Crippen LogP contribution in [0, 0.1) is 4.64 Å². The summed E-state index contributed by atoms with van der Waals surface area (Å²) in [5, 5.41) is 3.84. The molecule has 0 radical (unpaired) electrons. The third-order valence-corrected chi connectivity index (χ3v) is 4.47. The molecule has 3 amide bonds. The van der Waals surface area contributed by atoms with Gasteiger partial charge in [0.15, 0.2) is 0 Å². The predicted molar refractivity (Wildman–Crippen MR) is 82.1 cm³/mol. The van der Waals surface area contributed by atoms with Crippen LogP contribution in [0.25, 0.3) is 10.8 Å². The molecular formula is C15H11N3O3S. The average Bonchev–Trinajstić information content (AvgIpc) is 2.78. The zero-order valence-electron chi connectivity index (χ0n) is 11.4. The minimum absolute atomic E-state index is 0.225. The van der Waals surface area contributed by atoms with Gasteiger partial charge in [-0.3, -0.25) is 24.6 Å². The third kappa shape index (κ3) is 1.66. The Hall–Kier alpha value is -2.54. The molecule has 0 aliphatic carbocycles. The lowest BCUT2D eigenvalue weighted by Gasteiger charge is -2.30. The summed E-state index contributed by atoms with van der Waals surface area (Å²) in [5.41, 5.74) is 1.18. The molecule has 2 aliphatic rings. The van der Waals surface area contributed by atoms with E-state index in [9.17, 15) is 14.4 Å². The van der Waals surface area contributed by atoms with E-state index >= 15 is 0 Å². The summed E-state index contributed by atoms with van der Waals surface area (Å²) in [5.74, 6) is -0.972. The smallest absolute Gasteiger partial charge is 0.259 e. The molecule has 1 aromatic carbocycles. The van der Waals surface area contributed by atoms with Crippen molar-refractivity contribution in [1.82, 2.24) is 10.3 Å². The lowest BCUT2D eigenvalue weighted by molar-refractivity contribution is -0.134. The Morgan fingerprint density at radius 3 is 2.82 bits per heavy atom. The number of benzene rings is 1. The number of imide groups is 1. The van der Waals surface area contributed by atoms with Gasteiger partial charge in [-0.15, -0.1) is 0 Å². The van der Waals surface area contributed by atoms with Gasteiger partial charge in [0, 0.05) is 23.4 Å². The van der Waals surface area contributed by atoms with Gasteiger partial charge in [-0.05, 0) is 12.5 Å². The Kier molecular flexibility index (Phi) is 2.67. The zero-order chi connectivity index (χ0) is 15.4. The summed E-state index contributed by atoms with van der Waals surface area (Å²) >= 11 is 5.26. The lowest BCUT2D eigenvalue weighted by Crippen LogP contribution is -2.53. The Morgan fingerprint density at radius 2 is 2.05 bits per heavy atom. The van der Waals surface area contributed by atoms with Crippen LogP contribution < -0.4 is 10.2 Å². The van der Waals surface area contributed by atoms with Crippen molar-refractivity contribution in [3.8, 4) is 0 Å². The van der Waals surface area contributed by atoms with Crippen molar-refractivity contribution in [1.29, 1.82) is 0 Å². The molecular weight excluding hydrogens is 302 g/mol. The second-order valence-electron chi connectivity index (χ2n) is 5.37. The number of anilines is 1. The van der Waals surface area contributed by atoms with Crippen molar-refractivity contribution in [2.45, 2.75) is 18.9 Å². The van der Waals surface area contributed by atoms with E-state index < -0.39 is 11.9 Å². The molecule has 0 spiro atoms. The van der Waals surface area contributed by atoms with Crippen LogP contribution in [0.2, 0.25) is 0 Å². The van der Waals surface area contributed by atoms with Gasteiger partial charge in [-0.1, -0.05) is 24.4 Å². The Bertz CT molecular complexity index is 918. The Morgan fingerprint density at radius 1 is 1.23 bits per heavy atom. The minimum Gasteiger partial charge on any atom is -0.350 e. The van der Waals surface area contributed by atoms with Gasteiger partial charge in [-0.2, -0.15) is 0 Å². The monoisotopic (exact) mass is 313 g/mol. The van der Waals surface area contributed by atoms with Gasteiger partial charge >= 0.3 is 0 Å². The predicted octanol–water partition coefficient (Wildman–Crippen LogP) is 1.66. The number of nitrogens with zero attached hydrogens (tertiary/aromatic N) is 1. The standard InChI is InChI=1S/C15H11N3O3S/c19-11-5-4-9(13(20)17-11)18-10-6-16-14(22)7-2-1-3-8(12(7)10)15(18)21/h1-3,6,9H,4-5H2,(H,16,22)(H,17,19,20). The van der Waals surface area contributed by atoms with Crippen LogP contribution in [0.4, 0.5) is 5.69 Å². The number of carbonyl (C=O) groups is 3. The first kappa shape index (κ1) is 13.1. The largest absolute Gasteiger partial charge is 0.350 e. The van der Waals surface area contributed by atoms with Crippen LogP contribution in [0.15, 0.2) is 24.4 Å². The molecule has 1 unspecified atom stereocenters. The molecule has 2 aromatic rings. The highest BCUT2D eigenvalue weighted by Gasteiger charge is 2.40. The van der Waals surface area contributed by atoms with Crippen LogP contribution in [0.3, 0.4) is 0 Å². The molecule has 2 aliphatic heterocycles. The van der Waals surface area contributed by atoms with Crippen molar-refractivity contribution >= 4 is 46.4 Å². The van der Waals surface area contributed by atoms with Crippen molar-refractivity contribution in [2.75, 3.05) is 4.90 Å². The molecule has 0 saturated carbocycles. The van der Waals surface area contributed by atoms with Gasteiger partial charge in [0.05, 0.1) is 11.3 Å². The van der Waals surface area contributed by atoms with E-state index in [1.165, 1.54) is 4.90 Å². The molecule has 2 N–H and O–H groups in total. The number of aromatic amines is 1. The molecule has 110 valence electrons. The fraction of sp³-hybridized carbons (Fsp3) is 0.200. The number of pyridine rings is 1. The summed E-state index contributed by atoms with van der Waals surface area (Å²) in [6.07, 6.45) is 2.20. The minimum atomic E-state index is -0.676. The molecule has 1 atom stereocenters. The fourth-order valence-electron chi connectivity index (χ4n) is 3.15. The second-order valence-corrected chi connectivity index (χ2v) is 5.78. The van der Waals surface area contributed by atoms with Crippen molar-refractivity contribution < 1.29 is 14.4 Å². The Labute approximate surface area is 130 Å². The van der Waals surface area contributed by atoms with Crippen molar-refractivity contribution in [3.05, 3.63) is 34.6 Å². The van der Waals surface area contributed by atoms with Gasteiger partial charge in [0.1, 0.15) is 10.7 Å². The van der Waals surface area contributed by atoms with Crippen LogP contribution in [-0.2, 0) is 9.59 Å². The number of hydrogen-bond donors (Lipinski definition) is 2. The van der Waals surface area contributed by atoms with Gasteiger partial charge < -0.3 is 4.98 Å². The third-order valence-electron chi connectivity index (χ3n) is 4.14. The molecule has 3 heterocycles. The first-order chi connectivity index (χ1) is 10.6. The van der Waals surface area contributed by atoms with Crippen LogP contribution in [-0.4, -0.2) is 28.7 Å². The molecule has 6 nitrogen and oxygen atoms in total. The molecule has 0 bridgehead atoms. The van der Waals surface area contributed by atoms with Gasteiger partial charge in [-0.25, -0.2) is 0 Å². The summed E-state index contributed by atoms with van der Waals surface area (Å²) in [4.78, 5) is 40.6. The fourth-order valence-corrected chi connectivity index (χ4v) is 3.38. The summed E-state index contributed by atoms with van der Waals surface area (Å²) in [7, 11) is 0. The number of rotatable bonds is 1. The highest BCUT2D eigenvalue weighted by Crippen LogP contribution is 2.39. The topological polar surface area (TPSA) is 82.3 Å². The Balaban J connectivity index is 1.91. The first-order valence-corrected chi connectivity index (χ1v) is 7.30. The second kappa shape index (κ2) is 4.48. The quantitative estimate of drug-likeness (QED) is 0.620. The number of amides is 3. The molecule has 1 aromatic heterocycles. The van der Waals surface area contributed by atoms with E-state index in [4.69, 9.17) is 12.2 Å². The highest BCUT2D eigenvalue weighted by molar-refractivity contribution is 7.71. The number of carbonyl (C=O) groups excluding carboxylic acids is 3. The van der Waals surface area contributed by atoms with E-state index in [0.29, 0.717) is 22.3 Å².